The van der Waals surface area contributed by atoms with Crippen molar-refractivity contribution < 1.29 is 9.90 Å². The Labute approximate surface area is 116 Å². The van der Waals surface area contributed by atoms with Crippen LogP contribution in [0, 0.1) is 5.92 Å². The summed E-state index contributed by atoms with van der Waals surface area (Å²) >= 11 is 0. The van der Waals surface area contributed by atoms with E-state index in [2.05, 4.69) is 31.3 Å². The first-order valence-electron chi connectivity index (χ1n) is 7.05. The topological polar surface area (TPSA) is 49.3 Å². The highest BCUT2D eigenvalue weighted by molar-refractivity contribution is 5.71. The van der Waals surface area contributed by atoms with E-state index in [4.69, 9.17) is 0 Å². The van der Waals surface area contributed by atoms with Gasteiger partial charge in [0.1, 0.15) is 0 Å². The Morgan fingerprint density at radius 1 is 1.16 bits per heavy atom. The van der Waals surface area contributed by atoms with Gasteiger partial charge in [0.25, 0.3) is 0 Å². The van der Waals surface area contributed by atoms with Crippen LogP contribution in [0.15, 0.2) is 24.3 Å². The number of hydrogen-bond donors (Lipinski definition) is 2. The van der Waals surface area contributed by atoms with Crippen molar-refractivity contribution in [2.45, 2.75) is 45.6 Å². The van der Waals surface area contributed by atoms with Crippen molar-refractivity contribution in [3.63, 3.8) is 0 Å². The minimum Gasteiger partial charge on any atom is -0.481 e. The smallest absolute Gasteiger partial charge is 0.308 e. The number of carboxylic acids is 1. The van der Waals surface area contributed by atoms with Gasteiger partial charge in [0.05, 0.1) is 5.92 Å². The number of rotatable bonds is 7. The maximum atomic E-state index is 11.3. The monoisotopic (exact) mass is 263 g/mol. The summed E-state index contributed by atoms with van der Waals surface area (Å²) in [6.07, 6.45) is 1.73. The van der Waals surface area contributed by atoms with Gasteiger partial charge in [0.15, 0.2) is 0 Å². The molecule has 19 heavy (non-hydrogen) atoms. The number of aliphatic carboxylic acids is 1. The van der Waals surface area contributed by atoms with Crippen molar-refractivity contribution in [2.75, 3.05) is 7.05 Å². The van der Waals surface area contributed by atoms with Crippen molar-refractivity contribution in [1.29, 1.82) is 0 Å². The molecule has 0 aliphatic carbocycles. The summed E-state index contributed by atoms with van der Waals surface area (Å²) in [7, 11) is 1.82. The third kappa shape index (κ3) is 3.80. The van der Waals surface area contributed by atoms with E-state index in [-0.39, 0.29) is 12.0 Å². The molecule has 0 fully saturated rings. The lowest BCUT2D eigenvalue weighted by molar-refractivity contribution is -0.143. The summed E-state index contributed by atoms with van der Waals surface area (Å²) in [5.74, 6) is -0.587. The predicted molar refractivity (Wildman–Crippen MR) is 78.4 cm³/mol. The van der Waals surface area contributed by atoms with Crippen molar-refractivity contribution in [1.82, 2.24) is 5.32 Å². The third-order valence-electron chi connectivity index (χ3n) is 3.95. The zero-order chi connectivity index (χ0) is 14.4. The minimum absolute atomic E-state index is 0.131. The van der Waals surface area contributed by atoms with Crippen LogP contribution in [0.5, 0.6) is 0 Å². The van der Waals surface area contributed by atoms with Gasteiger partial charge in [-0.05, 0) is 36.9 Å². The number of carboxylic acid groups (broad SMARTS) is 1. The molecule has 0 spiro atoms. The molecule has 0 heterocycles. The number of nitrogens with one attached hydrogen (secondary N) is 1. The molecule has 106 valence electrons. The Bertz CT molecular complexity index is 400. The first-order chi connectivity index (χ1) is 9.04. The molecule has 0 radical (unpaired) electrons. The lowest BCUT2D eigenvalue weighted by Crippen LogP contribution is -2.30. The van der Waals surface area contributed by atoms with E-state index in [1.54, 1.807) is 0 Å². The molecule has 2 N–H and O–H groups in total. The minimum atomic E-state index is -0.743. The Balaban J connectivity index is 2.96. The van der Waals surface area contributed by atoms with Gasteiger partial charge in [-0.3, -0.25) is 4.79 Å². The molecule has 3 heteroatoms. The molecule has 1 rings (SSSR count). The average Bonchev–Trinajstić information content (AvgIpc) is 2.43. The molecule has 0 saturated carbocycles. The highest BCUT2D eigenvalue weighted by Gasteiger charge is 2.26. The fourth-order valence-corrected chi connectivity index (χ4v) is 2.42. The summed E-state index contributed by atoms with van der Waals surface area (Å²) in [5, 5.41) is 12.4. The van der Waals surface area contributed by atoms with Gasteiger partial charge in [-0.2, -0.15) is 0 Å². The molecular weight excluding hydrogens is 238 g/mol. The van der Waals surface area contributed by atoms with Crippen LogP contribution in [-0.2, 0) is 4.79 Å². The summed E-state index contributed by atoms with van der Waals surface area (Å²) < 4.78 is 0. The Morgan fingerprint density at radius 2 is 1.68 bits per heavy atom. The van der Waals surface area contributed by atoms with Crippen LogP contribution in [0.25, 0.3) is 0 Å². The molecular formula is C16H25NO2. The predicted octanol–water partition coefficient (Wildman–Crippen LogP) is 3.57. The summed E-state index contributed by atoms with van der Waals surface area (Å²) in [6, 6.07) is 8.20. The molecule has 0 amide bonds. The second-order valence-corrected chi connectivity index (χ2v) is 5.10. The molecule has 3 nitrogen and oxygen atoms in total. The normalized spacial score (nSPS) is 15.8. The lowest BCUT2D eigenvalue weighted by atomic mass is 9.89. The standard InChI is InChI=1S/C16H25NO2/c1-5-11(3)12-7-9-13(10-8-12)15(17-4)14(6-2)16(18)19/h7-11,14-15,17H,5-6H2,1-4H3,(H,18,19). The van der Waals surface area contributed by atoms with E-state index in [1.165, 1.54) is 5.56 Å². The second-order valence-electron chi connectivity index (χ2n) is 5.10. The molecule has 0 bridgehead atoms. The van der Waals surface area contributed by atoms with Crippen LogP contribution in [-0.4, -0.2) is 18.1 Å². The highest BCUT2D eigenvalue weighted by Crippen LogP contribution is 2.27. The van der Waals surface area contributed by atoms with Crippen LogP contribution in [0.4, 0.5) is 0 Å². The van der Waals surface area contributed by atoms with Crippen molar-refractivity contribution in [3.8, 4) is 0 Å². The summed E-state index contributed by atoms with van der Waals surface area (Å²) in [5.41, 5.74) is 2.35. The maximum Gasteiger partial charge on any atom is 0.308 e. The van der Waals surface area contributed by atoms with Gasteiger partial charge in [0, 0.05) is 6.04 Å². The average molecular weight is 263 g/mol. The van der Waals surface area contributed by atoms with Crippen LogP contribution >= 0.6 is 0 Å². The van der Waals surface area contributed by atoms with Gasteiger partial charge in [-0.15, -0.1) is 0 Å². The Kier molecular flexibility index (Phi) is 6.03. The number of carbonyl (C=O) groups is 1. The van der Waals surface area contributed by atoms with Gasteiger partial charge in [0.2, 0.25) is 0 Å². The molecule has 1 aromatic rings. The Morgan fingerprint density at radius 3 is 2.05 bits per heavy atom. The van der Waals surface area contributed by atoms with Crippen LogP contribution in [0.3, 0.4) is 0 Å². The van der Waals surface area contributed by atoms with Crippen molar-refractivity contribution >= 4 is 5.97 Å². The fourth-order valence-electron chi connectivity index (χ4n) is 2.42. The molecule has 3 atom stereocenters. The van der Waals surface area contributed by atoms with Crippen LogP contribution < -0.4 is 5.32 Å². The van der Waals surface area contributed by atoms with Gasteiger partial charge in [-0.1, -0.05) is 45.0 Å². The first-order valence-corrected chi connectivity index (χ1v) is 7.05. The highest BCUT2D eigenvalue weighted by atomic mass is 16.4. The molecule has 0 aliphatic heterocycles. The van der Waals surface area contributed by atoms with Gasteiger partial charge < -0.3 is 10.4 Å². The van der Waals surface area contributed by atoms with E-state index < -0.39 is 5.97 Å². The molecule has 3 unspecified atom stereocenters. The molecule has 0 aliphatic rings. The van der Waals surface area contributed by atoms with Gasteiger partial charge in [-0.25, -0.2) is 0 Å². The number of hydrogen-bond acceptors (Lipinski definition) is 2. The zero-order valence-corrected chi connectivity index (χ0v) is 12.3. The quantitative estimate of drug-likeness (QED) is 0.790. The Hall–Kier alpha value is -1.35. The second kappa shape index (κ2) is 7.29. The van der Waals surface area contributed by atoms with Crippen LogP contribution in [0.2, 0.25) is 0 Å². The van der Waals surface area contributed by atoms with E-state index in [1.807, 2.05) is 26.1 Å². The SMILES string of the molecule is CCC(C)c1ccc(C(NC)C(CC)C(=O)O)cc1. The van der Waals surface area contributed by atoms with E-state index in [9.17, 15) is 9.90 Å². The van der Waals surface area contributed by atoms with Crippen molar-refractivity contribution in [3.05, 3.63) is 35.4 Å². The van der Waals surface area contributed by atoms with Crippen LogP contribution in [0.1, 0.15) is 56.7 Å². The molecule has 0 saturated heterocycles. The van der Waals surface area contributed by atoms with E-state index in [0.717, 1.165) is 12.0 Å². The van der Waals surface area contributed by atoms with Crippen molar-refractivity contribution in [2.24, 2.45) is 5.92 Å². The zero-order valence-electron chi connectivity index (χ0n) is 12.3. The first kappa shape index (κ1) is 15.7. The lowest BCUT2D eigenvalue weighted by Gasteiger charge is -2.23. The number of benzene rings is 1. The summed E-state index contributed by atoms with van der Waals surface area (Å²) in [6.45, 7) is 6.29. The largest absolute Gasteiger partial charge is 0.481 e. The van der Waals surface area contributed by atoms with E-state index in [0.29, 0.717) is 12.3 Å². The maximum absolute atomic E-state index is 11.3. The van der Waals surface area contributed by atoms with Gasteiger partial charge >= 0.3 is 5.97 Å². The fraction of sp³-hybridized carbons (Fsp3) is 0.562. The summed E-state index contributed by atoms with van der Waals surface area (Å²) in [4.78, 5) is 11.3. The van der Waals surface area contributed by atoms with E-state index >= 15 is 0 Å². The molecule has 1 aromatic carbocycles. The molecule has 0 aromatic heterocycles. The third-order valence-corrected chi connectivity index (χ3v) is 3.95.